The van der Waals surface area contributed by atoms with Crippen LogP contribution < -0.4 is 9.47 Å². The van der Waals surface area contributed by atoms with Crippen LogP contribution >= 0.6 is 0 Å². The molecule has 9 heteroatoms. The van der Waals surface area contributed by atoms with Crippen LogP contribution in [0.15, 0.2) is 24.3 Å². The second-order valence-corrected chi connectivity index (χ2v) is 10.8. The topological polar surface area (TPSA) is 90.7 Å². The first-order valence-electron chi connectivity index (χ1n) is 10.6. The fraction of sp³-hybridized carbons (Fsp3) is 0.545. The molecule has 0 spiro atoms. The summed E-state index contributed by atoms with van der Waals surface area (Å²) in [5.74, 6) is 1.08. The fourth-order valence-corrected chi connectivity index (χ4v) is 6.76. The smallest absolute Gasteiger partial charge is 0.272 e. The van der Waals surface area contributed by atoms with E-state index in [1.54, 1.807) is 44.4 Å². The molecule has 2 aliphatic rings. The zero-order chi connectivity index (χ0) is 22.2. The average Bonchev–Trinajstić information content (AvgIpc) is 3.14. The number of aromatic nitrogens is 2. The maximum absolute atomic E-state index is 13.0. The molecule has 0 radical (unpaired) electrons. The van der Waals surface area contributed by atoms with Gasteiger partial charge in [0.2, 0.25) is 0 Å². The summed E-state index contributed by atoms with van der Waals surface area (Å²) < 4.78 is 38.0. The van der Waals surface area contributed by atoms with E-state index in [9.17, 15) is 13.2 Å². The number of ether oxygens (including phenoxy) is 2. The van der Waals surface area contributed by atoms with Gasteiger partial charge in [0.05, 0.1) is 30.4 Å². The van der Waals surface area contributed by atoms with Crippen LogP contribution in [0.1, 0.15) is 42.6 Å². The number of sulfone groups is 1. The zero-order valence-electron chi connectivity index (χ0n) is 18.2. The summed E-state index contributed by atoms with van der Waals surface area (Å²) in [5, 5.41) is 3.79. The fourth-order valence-electron chi connectivity index (χ4n) is 4.45. The number of hydrogen-bond acceptors (Lipinski definition) is 6. The van der Waals surface area contributed by atoms with Crippen molar-refractivity contribution in [2.75, 3.05) is 27.3 Å². The Bertz CT molecular complexity index is 1070. The van der Waals surface area contributed by atoms with Gasteiger partial charge in [-0.05, 0) is 37.1 Å². The number of rotatable bonds is 6. The number of likely N-dealkylation sites (tertiary alicyclic amines) is 1. The molecule has 1 saturated carbocycles. The summed E-state index contributed by atoms with van der Waals surface area (Å²) in [6, 6.07) is 7.11. The highest BCUT2D eigenvalue weighted by Crippen LogP contribution is 2.34. The molecule has 1 aliphatic heterocycles. The number of nitrogens with zero attached hydrogens (tertiary/aromatic N) is 3. The molecule has 0 N–H and O–H groups in total. The molecule has 2 heterocycles. The SMILES string of the molecule is COc1ccc(OC)c(-c2cc(C(=O)N3CC(S(=O)(=O)C4CCCCC4)C3)n(C)n2)c1. The molecule has 4 rings (SSSR count). The molecule has 2 aromatic rings. The predicted molar refractivity (Wildman–Crippen MR) is 117 cm³/mol. The van der Waals surface area contributed by atoms with Gasteiger partial charge in [-0.15, -0.1) is 0 Å². The Morgan fingerprint density at radius 1 is 1.03 bits per heavy atom. The van der Waals surface area contributed by atoms with Gasteiger partial charge in [0.1, 0.15) is 17.2 Å². The van der Waals surface area contributed by atoms with Gasteiger partial charge in [-0.2, -0.15) is 5.10 Å². The molecule has 1 amide bonds. The Hall–Kier alpha value is -2.55. The molecular weight excluding hydrogens is 418 g/mol. The average molecular weight is 448 g/mol. The van der Waals surface area contributed by atoms with Crippen molar-refractivity contribution in [3.63, 3.8) is 0 Å². The largest absolute Gasteiger partial charge is 0.497 e. The van der Waals surface area contributed by atoms with Crippen LogP contribution in [0.2, 0.25) is 0 Å². The molecule has 1 aliphatic carbocycles. The van der Waals surface area contributed by atoms with Crippen LogP contribution in [-0.2, 0) is 16.9 Å². The molecule has 1 saturated heterocycles. The van der Waals surface area contributed by atoms with Crippen LogP contribution in [0, 0.1) is 0 Å². The maximum atomic E-state index is 13.0. The quantitative estimate of drug-likeness (QED) is 0.676. The Morgan fingerprint density at radius 2 is 1.74 bits per heavy atom. The minimum atomic E-state index is -3.19. The lowest BCUT2D eigenvalue weighted by Crippen LogP contribution is -2.59. The highest BCUT2D eigenvalue weighted by Gasteiger charge is 2.44. The van der Waals surface area contributed by atoms with Crippen molar-refractivity contribution in [2.24, 2.45) is 7.05 Å². The highest BCUT2D eigenvalue weighted by atomic mass is 32.2. The van der Waals surface area contributed by atoms with Crippen molar-refractivity contribution in [3.8, 4) is 22.8 Å². The van der Waals surface area contributed by atoms with Crippen LogP contribution in [-0.4, -0.2) is 66.8 Å². The predicted octanol–water partition coefficient (Wildman–Crippen LogP) is 2.68. The third kappa shape index (κ3) is 4.03. The molecule has 0 unspecified atom stereocenters. The van der Waals surface area contributed by atoms with E-state index >= 15 is 0 Å². The standard InChI is InChI=1S/C22H29N3O5S/c1-24-20(12-19(23-24)18-11-15(29-2)9-10-21(18)30-3)22(26)25-13-17(14-25)31(27,28)16-7-5-4-6-8-16/h9-12,16-17H,4-8,13-14H2,1-3H3. The van der Waals surface area contributed by atoms with Crippen LogP contribution in [0.3, 0.4) is 0 Å². The van der Waals surface area contributed by atoms with E-state index in [4.69, 9.17) is 9.47 Å². The minimum absolute atomic E-state index is 0.210. The van der Waals surface area contributed by atoms with E-state index < -0.39 is 15.1 Å². The van der Waals surface area contributed by atoms with Gasteiger partial charge in [-0.1, -0.05) is 19.3 Å². The Balaban J connectivity index is 1.50. The van der Waals surface area contributed by atoms with Gasteiger partial charge in [0.15, 0.2) is 9.84 Å². The first-order chi connectivity index (χ1) is 14.8. The Labute approximate surface area is 183 Å². The number of methoxy groups -OCH3 is 2. The lowest BCUT2D eigenvalue weighted by atomic mass is 10.0. The van der Waals surface area contributed by atoms with E-state index in [1.165, 1.54) is 4.68 Å². The Kier molecular flexibility index (Phi) is 5.96. The molecule has 1 aromatic heterocycles. The number of amides is 1. The van der Waals surface area contributed by atoms with E-state index in [0.29, 0.717) is 22.9 Å². The summed E-state index contributed by atoms with van der Waals surface area (Å²) >= 11 is 0. The van der Waals surface area contributed by atoms with Gasteiger partial charge in [0, 0.05) is 25.7 Å². The molecule has 8 nitrogen and oxygen atoms in total. The number of benzene rings is 1. The normalized spacial score (nSPS) is 18.0. The summed E-state index contributed by atoms with van der Waals surface area (Å²) in [4.78, 5) is 14.6. The van der Waals surface area contributed by atoms with E-state index in [1.807, 2.05) is 6.07 Å². The number of hydrogen-bond donors (Lipinski definition) is 0. The highest BCUT2D eigenvalue weighted by molar-refractivity contribution is 7.92. The monoisotopic (exact) mass is 447 g/mol. The number of aryl methyl sites for hydroxylation is 1. The molecule has 0 atom stereocenters. The number of carbonyl (C=O) groups is 1. The van der Waals surface area contributed by atoms with Crippen molar-refractivity contribution in [1.82, 2.24) is 14.7 Å². The summed E-state index contributed by atoms with van der Waals surface area (Å²) in [7, 11) is 1.68. The molecule has 1 aromatic carbocycles. The molecule has 0 bridgehead atoms. The van der Waals surface area contributed by atoms with E-state index in [-0.39, 0.29) is 24.2 Å². The zero-order valence-corrected chi connectivity index (χ0v) is 19.0. The van der Waals surface area contributed by atoms with Crippen LogP contribution in [0.25, 0.3) is 11.3 Å². The first-order valence-corrected chi connectivity index (χ1v) is 12.2. The van der Waals surface area contributed by atoms with Gasteiger partial charge in [-0.25, -0.2) is 8.42 Å². The van der Waals surface area contributed by atoms with Gasteiger partial charge < -0.3 is 14.4 Å². The van der Waals surface area contributed by atoms with Crippen molar-refractivity contribution >= 4 is 15.7 Å². The third-order valence-corrected chi connectivity index (χ3v) is 9.03. The minimum Gasteiger partial charge on any atom is -0.497 e. The first kappa shape index (κ1) is 21.7. The molecule has 2 fully saturated rings. The van der Waals surface area contributed by atoms with Gasteiger partial charge >= 0.3 is 0 Å². The third-order valence-electron chi connectivity index (χ3n) is 6.40. The lowest BCUT2D eigenvalue weighted by molar-refractivity contribution is 0.0646. The van der Waals surface area contributed by atoms with Crippen LogP contribution in [0.4, 0.5) is 0 Å². The lowest BCUT2D eigenvalue weighted by Gasteiger charge is -2.40. The summed E-state index contributed by atoms with van der Waals surface area (Å²) in [6.45, 7) is 0.501. The summed E-state index contributed by atoms with van der Waals surface area (Å²) in [6.07, 6.45) is 4.57. The van der Waals surface area contributed by atoms with Crippen LogP contribution in [0.5, 0.6) is 11.5 Å². The van der Waals surface area contributed by atoms with E-state index in [0.717, 1.165) is 37.7 Å². The molecule has 168 valence electrons. The van der Waals surface area contributed by atoms with Crippen molar-refractivity contribution in [1.29, 1.82) is 0 Å². The van der Waals surface area contributed by atoms with Crippen molar-refractivity contribution in [3.05, 3.63) is 30.0 Å². The second-order valence-electron chi connectivity index (χ2n) is 8.29. The maximum Gasteiger partial charge on any atom is 0.272 e. The van der Waals surface area contributed by atoms with Crippen molar-refractivity contribution in [2.45, 2.75) is 42.6 Å². The summed E-state index contributed by atoms with van der Waals surface area (Å²) in [5.41, 5.74) is 1.72. The second kappa shape index (κ2) is 8.53. The van der Waals surface area contributed by atoms with Gasteiger partial charge in [-0.3, -0.25) is 9.48 Å². The number of carbonyl (C=O) groups excluding carboxylic acids is 1. The molecular formula is C22H29N3O5S. The Morgan fingerprint density at radius 3 is 2.39 bits per heavy atom. The molecule has 31 heavy (non-hydrogen) atoms. The van der Waals surface area contributed by atoms with Gasteiger partial charge in [0.25, 0.3) is 5.91 Å². The van der Waals surface area contributed by atoms with Crippen molar-refractivity contribution < 1.29 is 22.7 Å². The van der Waals surface area contributed by atoms with E-state index in [2.05, 4.69) is 5.10 Å².